The third-order valence-corrected chi connectivity index (χ3v) is 5.39. The van der Waals surface area contributed by atoms with Crippen LogP contribution in [0, 0.1) is 12.7 Å². The summed E-state index contributed by atoms with van der Waals surface area (Å²) in [7, 11) is 0. The summed E-state index contributed by atoms with van der Waals surface area (Å²) in [5, 5.41) is 11.3. The minimum Gasteiger partial charge on any atom is -0.335 e. The highest BCUT2D eigenvalue weighted by Gasteiger charge is 2.21. The maximum atomic E-state index is 13.4. The molecule has 1 amide bonds. The van der Waals surface area contributed by atoms with Crippen molar-refractivity contribution in [1.82, 2.24) is 14.9 Å². The van der Waals surface area contributed by atoms with Gasteiger partial charge in [-0.1, -0.05) is 41.6 Å². The van der Waals surface area contributed by atoms with E-state index in [0.717, 1.165) is 17.3 Å². The molecule has 0 fully saturated rings. The predicted molar refractivity (Wildman–Crippen MR) is 106 cm³/mol. The molecule has 6 nitrogen and oxygen atoms in total. The van der Waals surface area contributed by atoms with Crippen LogP contribution in [0.2, 0.25) is 5.02 Å². The molecule has 0 bridgehead atoms. The highest BCUT2D eigenvalue weighted by Crippen LogP contribution is 2.27. The molecule has 9 heteroatoms. The van der Waals surface area contributed by atoms with Gasteiger partial charge >= 0.3 is 0 Å². The number of nitrogens with zero attached hydrogens (tertiary/aromatic N) is 3. The Kier molecular flexibility index (Phi) is 5.67. The second-order valence-corrected chi connectivity index (χ2v) is 7.56. The average Bonchev–Trinajstić information content (AvgIpc) is 2.99. The lowest BCUT2D eigenvalue weighted by atomic mass is 10.2. The molecular weight excluding hydrogens is 389 g/mol. The topological polar surface area (TPSA) is 85.8 Å². The van der Waals surface area contributed by atoms with Crippen LogP contribution in [0.3, 0.4) is 0 Å². The number of benzene rings is 2. The quantitative estimate of drug-likeness (QED) is 0.497. The van der Waals surface area contributed by atoms with Crippen molar-refractivity contribution in [3.05, 3.63) is 58.9 Å². The summed E-state index contributed by atoms with van der Waals surface area (Å²) < 4.78 is 14.7. The number of nitrogen functional groups attached to an aromatic ring is 1. The third kappa shape index (κ3) is 4.23. The highest BCUT2D eigenvalue weighted by molar-refractivity contribution is 8.00. The number of hydrogen-bond donors (Lipinski definition) is 2. The summed E-state index contributed by atoms with van der Waals surface area (Å²) in [6.07, 6.45) is 0. The van der Waals surface area contributed by atoms with Gasteiger partial charge in [-0.05, 0) is 43.7 Å². The monoisotopic (exact) mass is 405 g/mol. The number of aromatic nitrogens is 3. The Labute approximate surface area is 164 Å². The zero-order valence-corrected chi connectivity index (χ0v) is 16.2. The van der Waals surface area contributed by atoms with Crippen molar-refractivity contribution in [3.8, 4) is 11.4 Å². The maximum absolute atomic E-state index is 13.4. The smallest absolute Gasteiger partial charge is 0.237 e. The van der Waals surface area contributed by atoms with Crippen molar-refractivity contribution in [1.29, 1.82) is 0 Å². The van der Waals surface area contributed by atoms with Crippen LogP contribution >= 0.6 is 23.4 Å². The van der Waals surface area contributed by atoms with Gasteiger partial charge in [-0.3, -0.25) is 4.79 Å². The lowest BCUT2D eigenvalue weighted by molar-refractivity contribution is -0.115. The Hall–Kier alpha value is -2.58. The van der Waals surface area contributed by atoms with Crippen LogP contribution in [0.4, 0.5) is 10.1 Å². The molecule has 3 N–H and O–H groups in total. The standard InChI is InChI=1S/C18H17ClFN5OS/c1-10-14(19)7-4-8-15(10)22-17(26)11(2)27-18-24-23-16(25(18)21)12-5-3-6-13(20)9-12/h3-9,11H,21H2,1-2H3,(H,22,26)/t11-/m0/s1. The second-order valence-electron chi connectivity index (χ2n) is 5.85. The molecular formula is C18H17ClFN5OS. The molecule has 0 saturated carbocycles. The minimum atomic E-state index is -0.491. The summed E-state index contributed by atoms with van der Waals surface area (Å²) in [6.45, 7) is 3.56. The van der Waals surface area contributed by atoms with E-state index in [2.05, 4.69) is 15.5 Å². The summed E-state index contributed by atoms with van der Waals surface area (Å²) in [6, 6.07) is 11.2. The van der Waals surface area contributed by atoms with Crippen LogP contribution in [0.25, 0.3) is 11.4 Å². The number of halogens is 2. The van der Waals surface area contributed by atoms with Crippen molar-refractivity contribution >= 4 is 35.0 Å². The molecule has 140 valence electrons. The predicted octanol–water partition coefficient (Wildman–Crippen LogP) is 3.88. The second kappa shape index (κ2) is 7.98. The Bertz CT molecular complexity index is 994. The lowest BCUT2D eigenvalue weighted by Gasteiger charge is -2.13. The first-order valence-corrected chi connectivity index (χ1v) is 9.31. The number of nitrogens with one attached hydrogen (secondary N) is 1. The molecule has 1 atom stereocenters. The molecule has 1 aromatic heterocycles. The van der Waals surface area contributed by atoms with Crippen LogP contribution in [0.5, 0.6) is 0 Å². The Morgan fingerprint density at radius 3 is 2.78 bits per heavy atom. The average molecular weight is 406 g/mol. The normalized spacial score (nSPS) is 12.0. The molecule has 0 spiro atoms. The number of nitrogens with two attached hydrogens (primary N) is 1. The van der Waals surface area contributed by atoms with E-state index in [1.54, 1.807) is 37.3 Å². The van der Waals surface area contributed by atoms with Crippen LogP contribution in [0.1, 0.15) is 12.5 Å². The number of carbonyl (C=O) groups is 1. The number of thioether (sulfide) groups is 1. The van der Waals surface area contributed by atoms with Gasteiger partial charge in [0.05, 0.1) is 5.25 Å². The summed E-state index contributed by atoms with van der Waals surface area (Å²) >= 11 is 7.23. The molecule has 2 aromatic carbocycles. The van der Waals surface area contributed by atoms with Crippen molar-refractivity contribution in [2.75, 3.05) is 11.2 Å². The minimum absolute atomic E-state index is 0.222. The molecule has 0 aliphatic heterocycles. The van der Waals surface area contributed by atoms with E-state index in [9.17, 15) is 9.18 Å². The van der Waals surface area contributed by atoms with E-state index in [1.165, 1.54) is 16.8 Å². The summed E-state index contributed by atoms with van der Waals surface area (Å²) in [5.41, 5.74) is 1.94. The molecule has 27 heavy (non-hydrogen) atoms. The van der Waals surface area contributed by atoms with Gasteiger partial charge < -0.3 is 11.2 Å². The third-order valence-electron chi connectivity index (χ3n) is 3.92. The number of hydrogen-bond acceptors (Lipinski definition) is 5. The Morgan fingerprint density at radius 2 is 2.04 bits per heavy atom. The van der Waals surface area contributed by atoms with Gasteiger partial charge in [0.1, 0.15) is 5.82 Å². The van der Waals surface area contributed by atoms with Crippen molar-refractivity contribution in [2.45, 2.75) is 24.3 Å². The molecule has 0 aliphatic carbocycles. The zero-order valence-electron chi connectivity index (χ0n) is 14.6. The molecule has 3 rings (SSSR count). The van der Waals surface area contributed by atoms with Gasteiger partial charge in [-0.25, -0.2) is 9.07 Å². The summed E-state index contributed by atoms with van der Waals surface area (Å²) in [4.78, 5) is 12.5. The Balaban J connectivity index is 1.73. The van der Waals surface area contributed by atoms with Gasteiger partial charge in [0.25, 0.3) is 0 Å². The van der Waals surface area contributed by atoms with Crippen LogP contribution in [-0.4, -0.2) is 26.0 Å². The number of amides is 1. The van der Waals surface area contributed by atoms with E-state index in [-0.39, 0.29) is 5.91 Å². The maximum Gasteiger partial charge on any atom is 0.237 e. The van der Waals surface area contributed by atoms with E-state index >= 15 is 0 Å². The first kappa shape index (κ1) is 19.2. The fourth-order valence-electron chi connectivity index (χ4n) is 2.37. The number of carbonyl (C=O) groups excluding carboxylic acids is 1. The van der Waals surface area contributed by atoms with Crippen molar-refractivity contribution in [3.63, 3.8) is 0 Å². The first-order valence-electron chi connectivity index (χ1n) is 8.06. The van der Waals surface area contributed by atoms with E-state index in [0.29, 0.717) is 27.3 Å². The largest absolute Gasteiger partial charge is 0.335 e. The lowest BCUT2D eigenvalue weighted by Crippen LogP contribution is -2.24. The van der Waals surface area contributed by atoms with Gasteiger partial charge in [0, 0.05) is 16.3 Å². The molecule has 0 saturated heterocycles. The van der Waals surface area contributed by atoms with Crippen molar-refractivity contribution < 1.29 is 9.18 Å². The van der Waals surface area contributed by atoms with Gasteiger partial charge in [-0.15, -0.1) is 10.2 Å². The molecule has 0 radical (unpaired) electrons. The molecule has 0 aliphatic rings. The SMILES string of the molecule is Cc1c(Cl)cccc1NC(=O)[C@H](C)Sc1nnc(-c2cccc(F)c2)n1N. The first-order chi connectivity index (χ1) is 12.9. The van der Waals surface area contributed by atoms with Gasteiger partial charge in [0.2, 0.25) is 11.1 Å². The number of anilines is 1. The fourth-order valence-corrected chi connectivity index (χ4v) is 3.32. The van der Waals surface area contributed by atoms with Gasteiger partial charge in [0.15, 0.2) is 5.82 Å². The number of rotatable bonds is 5. The Morgan fingerprint density at radius 1 is 1.30 bits per heavy atom. The summed E-state index contributed by atoms with van der Waals surface area (Å²) in [5.74, 6) is 5.73. The van der Waals surface area contributed by atoms with Crippen LogP contribution in [-0.2, 0) is 4.79 Å². The molecule has 1 heterocycles. The molecule has 0 unspecified atom stereocenters. The van der Waals surface area contributed by atoms with Gasteiger partial charge in [-0.2, -0.15) is 0 Å². The zero-order chi connectivity index (χ0) is 19.6. The van der Waals surface area contributed by atoms with E-state index in [4.69, 9.17) is 17.4 Å². The van der Waals surface area contributed by atoms with E-state index in [1.807, 2.05) is 6.92 Å². The van der Waals surface area contributed by atoms with Crippen LogP contribution < -0.4 is 11.2 Å². The van der Waals surface area contributed by atoms with Crippen molar-refractivity contribution in [2.24, 2.45) is 0 Å². The molecule has 3 aromatic rings. The van der Waals surface area contributed by atoms with Crippen LogP contribution in [0.15, 0.2) is 47.6 Å². The highest BCUT2D eigenvalue weighted by atomic mass is 35.5. The van der Waals surface area contributed by atoms with E-state index < -0.39 is 11.1 Å². The fraction of sp³-hybridized carbons (Fsp3) is 0.167.